The third-order valence-electron chi connectivity index (χ3n) is 7.41. The number of carbonyl (C=O) groups excluding carboxylic acids is 3. The lowest BCUT2D eigenvalue weighted by Crippen LogP contribution is -2.57. The number of piperidine rings is 1. The van der Waals surface area contributed by atoms with Gasteiger partial charge in [-0.1, -0.05) is 18.2 Å². The maximum atomic E-state index is 13.9. The fourth-order valence-corrected chi connectivity index (χ4v) is 5.31. The molecule has 3 aromatic carbocycles. The van der Waals surface area contributed by atoms with Crippen LogP contribution in [0.3, 0.4) is 0 Å². The van der Waals surface area contributed by atoms with Crippen molar-refractivity contribution in [3.63, 3.8) is 0 Å². The average molecular weight is 537 g/mol. The summed E-state index contributed by atoms with van der Waals surface area (Å²) < 4.78 is 41.5. The van der Waals surface area contributed by atoms with E-state index in [1.54, 1.807) is 12.1 Å². The molecule has 0 radical (unpaired) electrons. The van der Waals surface area contributed by atoms with E-state index in [0.29, 0.717) is 38.2 Å². The molecule has 0 aliphatic carbocycles. The van der Waals surface area contributed by atoms with E-state index in [1.807, 2.05) is 9.80 Å². The van der Waals surface area contributed by atoms with Gasteiger partial charge in [0.2, 0.25) is 5.91 Å². The van der Waals surface area contributed by atoms with Crippen LogP contribution < -0.4 is 10.2 Å². The summed E-state index contributed by atoms with van der Waals surface area (Å²) in [7, 11) is 0. The van der Waals surface area contributed by atoms with Crippen LogP contribution in [0, 0.1) is 17.5 Å². The van der Waals surface area contributed by atoms with Crippen LogP contribution in [0.25, 0.3) is 0 Å². The Kier molecular flexibility index (Phi) is 7.38. The molecule has 39 heavy (non-hydrogen) atoms. The topological polar surface area (TPSA) is 73.0 Å². The number of benzene rings is 3. The molecule has 0 saturated carbocycles. The second-order valence-corrected chi connectivity index (χ2v) is 9.73. The molecular weight excluding hydrogens is 509 g/mol. The van der Waals surface area contributed by atoms with Gasteiger partial charge in [0.15, 0.2) is 0 Å². The molecule has 2 fully saturated rings. The summed E-state index contributed by atoms with van der Waals surface area (Å²) in [5.74, 6) is -3.11. The highest BCUT2D eigenvalue weighted by Gasteiger charge is 2.50. The Bertz CT molecular complexity index is 1350. The van der Waals surface area contributed by atoms with Gasteiger partial charge in [-0.15, -0.1) is 0 Å². The number of halogens is 3. The molecule has 0 aromatic heterocycles. The van der Waals surface area contributed by atoms with Crippen molar-refractivity contribution in [3.8, 4) is 0 Å². The summed E-state index contributed by atoms with van der Waals surface area (Å²) in [4.78, 5) is 44.4. The van der Waals surface area contributed by atoms with E-state index in [4.69, 9.17) is 0 Å². The minimum atomic E-state index is -0.821. The van der Waals surface area contributed by atoms with Gasteiger partial charge in [0.25, 0.3) is 11.8 Å². The monoisotopic (exact) mass is 536 g/mol. The van der Waals surface area contributed by atoms with Crippen LogP contribution in [0.5, 0.6) is 0 Å². The van der Waals surface area contributed by atoms with Crippen LogP contribution in [-0.4, -0.2) is 65.9 Å². The van der Waals surface area contributed by atoms with E-state index in [2.05, 4.69) is 5.32 Å². The first-order chi connectivity index (χ1) is 18.8. The normalized spacial score (nSPS) is 16.8. The maximum absolute atomic E-state index is 13.9. The van der Waals surface area contributed by atoms with Crippen molar-refractivity contribution in [3.05, 3.63) is 101 Å². The Morgan fingerprint density at radius 3 is 1.90 bits per heavy atom. The highest BCUT2D eigenvalue weighted by Crippen LogP contribution is 2.36. The fourth-order valence-electron chi connectivity index (χ4n) is 5.31. The molecule has 1 spiro atoms. The smallest absolute Gasteiger partial charge is 0.260 e. The minimum Gasteiger partial charge on any atom is -0.339 e. The van der Waals surface area contributed by atoms with E-state index >= 15 is 0 Å². The molecule has 2 aliphatic rings. The van der Waals surface area contributed by atoms with Crippen LogP contribution in [0.2, 0.25) is 0 Å². The van der Waals surface area contributed by atoms with Gasteiger partial charge in [-0.3, -0.25) is 19.3 Å². The third kappa shape index (κ3) is 5.37. The molecule has 2 saturated heterocycles. The zero-order valence-electron chi connectivity index (χ0n) is 21.1. The number of imide groups is 1. The standard InChI is InChI=1S/C29H27F3N4O3/c30-22-6-1-4-20(16-22)26(37)35(27(38)21-5-2-7-23(31)17-21)15-14-34-12-10-29(11-13-34)28(39)33-19-36(29)25-9-3-8-24(32)18-25/h1-9,16-18H,10-15,19H2,(H,33,39). The minimum absolute atomic E-state index is 0.00529. The Morgan fingerprint density at radius 1 is 0.821 bits per heavy atom. The van der Waals surface area contributed by atoms with Gasteiger partial charge < -0.3 is 15.1 Å². The van der Waals surface area contributed by atoms with Crippen LogP contribution in [0.15, 0.2) is 72.8 Å². The summed E-state index contributed by atoms with van der Waals surface area (Å²) in [5, 5.41) is 2.88. The van der Waals surface area contributed by atoms with E-state index in [-0.39, 0.29) is 36.1 Å². The summed E-state index contributed by atoms with van der Waals surface area (Å²) in [5.41, 5.74) is -0.190. The first-order valence-electron chi connectivity index (χ1n) is 12.7. The first kappa shape index (κ1) is 26.4. The number of amides is 3. The molecule has 1 N–H and O–H groups in total. The number of nitrogens with zero attached hydrogens (tertiary/aromatic N) is 3. The summed E-state index contributed by atoms with van der Waals surface area (Å²) in [6.07, 6.45) is 0.927. The van der Waals surface area contributed by atoms with Crippen molar-refractivity contribution in [1.82, 2.24) is 15.1 Å². The van der Waals surface area contributed by atoms with Crippen molar-refractivity contribution in [1.29, 1.82) is 0 Å². The number of anilines is 1. The van der Waals surface area contributed by atoms with Gasteiger partial charge in [-0.25, -0.2) is 13.2 Å². The van der Waals surface area contributed by atoms with Gasteiger partial charge in [-0.2, -0.15) is 0 Å². The predicted octanol–water partition coefficient (Wildman–Crippen LogP) is 3.82. The van der Waals surface area contributed by atoms with E-state index in [0.717, 1.165) is 17.0 Å². The highest BCUT2D eigenvalue weighted by molar-refractivity contribution is 6.10. The van der Waals surface area contributed by atoms with Crippen LogP contribution >= 0.6 is 0 Å². The van der Waals surface area contributed by atoms with Crippen LogP contribution in [0.4, 0.5) is 18.9 Å². The molecule has 10 heteroatoms. The quantitative estimate of drug-likeness (QED) is 0.485. The molecular formula is C29H27F3N4O3. The van der Waals surface area contributed by atoms with Crippen molar-refractivity contribution < 1.29 is 27.6 Å². The van der Waals surface area contributed by atoms with Crippen molar-refractivity contribution in [2.24, 2.45) is 0 Å². The number of rotatable bonds is 6. The molecule has 3 amide bonds. The van der Waals surface area contributed by atoms with Gasteiger partial charge in [0, 0.05) is 43.0 Å². The lowest BCUT2D eigenvalue weighted by atomic mass is 9.85. The van der Waals surface area contributed by atoms with Crippen LogP contribution in [0.1, 0.15) is 33.6 Å². The number of likely N-dealkylation sites (tertiary alicyclic amines) is 1. The molecule has 0 unspecified atom stereocenters. The second-order valence-electron chi connectivity index (χ2n) is 9.73. The van der Waals surface area contributed by atoms with Crippen molar-refractivity contribution in [2.45, 2.75) is 18.4 Å². The molecule has 202 valence electrons. The molecule has 0 bridgehead atoms. The van der Waals surface area contributed by atoms with Crippen molar-refractivity contribution >= 4 is 23.4 Å². The third-order valence-corrected chi connectivity index (χ3v) is 7.41. The number of hydrogen-bond acceptors (Lipinski definition) is 5. The molecule has 0 atom stereocenters. The van der Waals surface area contributed by atoms with E-state index in [9.17, 15) is 27.6 Å². The molecule has 2 heterocycles. The Balaban J connectivity index is 1.31. The average Bonchev–Trinajstić information content (AvgIpc) is 3.24. The first-order valence-corrected chi connectivity index (χ1v) is 12.7. The number of hydrogen-bond donors (Lipinski definition) is 1. The largest absolute Gasteiger partial charge is 0.339 e. The zero-order valence-corrected chi connectivity index (χ0v) is 21.1. The number of nitrogens with one attached hydrogen (secondary N) is 1. The maximum Gasteiger partial charge on any atom is 0.260 e. The fraction of sp³-hybridized carbons (Fsp3) is 0.276. The van der Waals surface area contributed by atoms with Gasteiger partial charge in [-0.05, 0) is 67.4 Å². The SMILES string of the molecule is O=C(c1cccc(F)c1)N(CCN1CCC2(CC1)C(=O)NCN2c1cccc(F)c1)C(=O)c1cccc(F)c1. The van der Waals surface area contributed by atoms with Crippen molar-refractivity contribution in [2.75, 3.05) is 37.7 Å². The lowest BCUT2D eigenvalue weighted by molar-refractivity contribution is -0.125. The summed E-state index contributed by atoms with van der Waals surface area (Å²) in [6, 6.07) is 16.2. The molecule has 5 rings (SSSR count). The predicted molar refractivity (Wildman–Crippen MR) is 138 cm³/mol. The summed E-state index contributed by atoms with van der Waals surface area (Å²) >= 11 is 0. The Hall–Kier alpha value is -4.18. The van der Waals surface area contributed by atoms with E-state index in [1.165, 1.54) is 48.5 Å². The van der Waals surface area contributed by atoms with Gasteiger partial charge in [0.05, 0.1) is 6.67 Å². The van der Waals surface area contributed by atoms with Gasteiger partial charge in [0.1, 0.15) is 23.0 Å². The summed E-state index contributed by atoms with van der Waals surface area (Å²) in [6.45, 7) is 1.56. The molecule has 3 aromatic rings. The lowest BCUT2D eigenvalue weighted by Gasteiger charge is -2.43. The molecule has 2 aliphatic heterocycles. The van der Waals surface area contributed by atoms with E-state index < -0.39 is 29.0 Å². The number of carbonyl (C=O) groups is 3. The Morgan fingerprint density at radius 2 is 1.36 bits per heavy atom. The van der Waals surface area contributed by atoms with Crippen LogP contribution in [-0.2, 0) is 4.79 Å². The Labute approximate surface area is 223 Å². The second kappa shape index (κ2) is 10.9. The zero-order chi connectivity index (χ0) is 27.6. The van der Waals surface area contributed by atoms with Gasteiger partial charge >= 0.3 is 0 Å². The molecule has 7 nitrogen and oxygen atoms in total. The highest BCUT2D eigenvalue weighted by atomic mass is 19.1.